The summed E-state index contributed by atoms with van der Waals surface area (Å²) in [6.07, 6.45) is 0.430. The molecule has 34 heavy (non-hydrogen) atoms. The van der Waals surface area contributed by atoms with Crippen molar-refractivity contribution < 1.29 is 13.2 Å². The number of fused-ring (bicyclic) bond motifs is 1. The summed E-state index contributed by atoms with van der Waals surface area (Å²) in [6, 6.07) is 27.0. The molecule has 8 heteroatoms. The maximum Gasteiger partial charge on any atom is 0.245 e. The third-order valence-electron chi connectivity index (χ3n) is 5.39. The Bertz CT molecular complexity index is 1420. The molecule has 4 rings (SSSR count). The first-order valence-corrected chi connectivity index (χ1v) is 12.8. The van der Waals surface area contributed by atoms with E-state index in [0.29, 0.717) is 12.1 Å². The molecule has 0 aromatic heterocycles. The van der Waals surface area contributed by atoms with Crippen LogP contribution < -0.4 is 5.32 Å². The molecule has 0 aliphatic carbocycles. The van der Waals surface area contributed by atoms with Crippen LogP contribution in [0.25, 0.3) is 10.8 Å². The van der Waals surface area contributed by atoms with Gasteiger partial charge in [-0.15, -0.1) is 0 Å². The first-order chi connectivity index (χ1) is 16.3. The number of benzene rings is 4. The highest BCUT2D eigenvalue weighted by atomic mass is 35.5. The van der Waals surface area contributed by atoms with Gasteiger partial charge in [-0.1, -0.05) is 89.9 Å². The lowest BCUT2D eigenvalue weighted by atomic mass is 10.1. The second-order valence-corrected chi connectivity index (χ2v) is 10.5. The Hall–Kier alpha value is -2.90. The molecule has 0 saturated heterocycles. The fourth-order valence-corrected chi connectivity index (χ4v) is 5.82. The largest absolute Gasteiger partial charge is 0.324 e. The number of hydrogen-bond donors (Lipinski definition) is 1. The quantitative estimate of drug-likeness (QED) is 0.314. The highest BCUT2D eigenvalue weighted by Gasteiger charge is 2.29. The minimum atomic E-state index is -4.10. The van der Waals surface area contributed by atoms with Crippen molar-refractivity contribution in [3.05, 3.63) is 107 Å². The number of nitrogens with one attached hydrogen (secondary N) is 1. The molecule has 0 radical (unpaired) electrons. The SMILES string of the molecule is O=C(CN(CCc1ccccc1)S(=O)(=O)c1cc(Cl)ccc1Cl)Nc1cccc2ccccc12. The van der Waals surface area contributed by atoms with E-state index in [1.807, 2.05) is 66.7 Å². The number of carbonyl (C=O) groups excluding carboxylic acids is 1. The molecule has 1 amide bonds. The van der Waals surface area contributed by atoms with Gasteiger partial charge in [-0.25, -0.2) is 8.42 Å². The van der Waals surface area contributed by atoms with E-state index >= 15 is 0 Å². The maximum atomic E-state index is 13.5. The fourth-order valence-electron chi connectivity index (χ4n) is 3.68. The van der Waals surface area contributed by atoms with Gasteiger partial charge in [0.15, 0.2) is 0 Å². The van der Waals surface area contributed by atoms with Crippen molar-refractivity contribution in [2.24, 2.45) is 0 Å². The number of carbonyl (C=O) groups is 1. The summed E-state index contributed by atoms with van der Waals surface area (Å²) < 4.78 is 28.2. The maximum absolute atomic E-state index is 13.5. The van der Waals surface area contributed by atoms with E-state index in [-0.39, 0.29) is 28.0 Å². The average molecular weight is 513 g/mol. The van der Waals surface area contributed by atoms with Gasteiger partial charge in [-0.3, -0.25) is 4.79 Å². The standard InChI is InChI=1S/C26H22Cl2N2O3S/c27-21-13-14-23(28)25(17-21)34(32,33)30(16-15-19-7-2-1-3-8-19)18-26(31)29-24-12-6-10-20-9-4-5-11-22(20)24/h1-14,17H,15-16,18H2,(H,29,31). The number of amides is 1. The molecule has 0 unspecified atom stereocenters. The van der Waals surface area contributed by atoms with E-state index < -0.39 is 15.9 Å². The molecule has 0 aliphatic rings. The number of hydrogen-bond acceptors (Lipinski definition) is 3. The molecule has 0 atom stereocenters. The first-order valence-electron chi connectivity index (χ1n) is 10.6. The number of nitrogens with zero attached hydrogens (tertiary/aromatic N) is 1. The van der Waals surface area contributed by atoms with Gasteiger partial charge < -0.3 is 5.32 Å². The Balaban J connectivity index is 1.62. The summed E-state index contributed by atoms with van der Waals surface area (Å²) in [4.78, 5) is 12.9. The van der Waals surface area contributed by atoms with E-state index in [2.05, 4.69) is 5.32 Å². The number of halogens is 2. The van der Waals surface area contributed by atoms with E-state index in [1.165, 1.54) is 18.2 Å². The van der Waals surface area contributed by atoms with Crippen LogP contribution in [-0.2, 0) is 21.2 Å². The molecule has 0 fully saturated rings. The summed E-state index contributed by atoms with van der Waals surface area (Å²) in [5, 5.41) is 4.99. The Morgan fingerprint density at radius 2 is 1.56 bits per heavy atom. The highest BCUT2D eigenvalue weighted by molar-refractivity contribution is 7.89. The predicted molar refractivity (Wildman–Crippen MR) is 138 cm³/mol. The molecule has 4 aromatic carbocycles. The predicted octanol–water partition coefficient (Wildman–Crippen LogP) is 6.02. The van der Waals surface area contributed by atoms with Crippen molar-refractivity contribution in [3.8, 4) is 0 Å². The summed E-state index contributed by atoms with van der Waals surface area (Å²) in [5.74, 6) is -0.453. The fraction of sp³-hybridized carbons (Fsp3) is 0.115. The zero-order chi connectivity index (χ0) is 24.1. The van der Waals surface area contributed by atoms with Crippen LogP contribution in [0, 0.1) is 0 Å². The molecule has 0 spiro atoms. The second kappa shape index (κ2) is 10.6. The van der Waals surface area contributed by atoms with Crippen LogP contribution >= 0.6 is 23.2 Å². The molecule has 5 nitrogen and oxygen atoms in total. The smallest absolute Gasteiger partial charge is 0.245 e. The molecule has 174 valence electrons. The first kappa shape index (κ1) is 24.2. The van der Waals surface area contributed by atoms with Crippen LogP contribution in [-0.4, -0.2) is 31.7 Å². The third kappa shape index (κ3) is 5.59. The van der Waals surface area contributed by atoms with Crippen molar-refractivity contribution in [1.29, 1.82) is 0 Å². The monoisotopic (exact) mass is 512 g/mol. The number of sulfonamides is 1. The van der Waals surface area contributed by atoms with Gasteiger partial charge in [0, 0.05) is 22.6 Å². The average Bonchev–Trinajstić information content (AvgIpc) is 2.84. The van der Waals surface area contributed by atoms with Gasteiger partial charge >= 0.3 is 0 Å². The lowest BCUT2D eigenvalue weighted by Crippen LogP contribution is -2.39. The van der Waals surface area contributed by atoms with Crippen LogP contribution in [0.15, 0.2) is 95.9 Å². The van der Waals surface area contributed by atoms with Crippen molar-refractivity contribution in [2.75, 3.05) is 18.4 Å². The molecular formula is C26H22Cl2N2O3S. The van der Waals surface area contributed by atoms with Gasteiger partial charge in [-0.2, -0.15) is 4.31 Å². The molecule has 0 heterocycles. The number of anilines is 1. The molecule has 1 N–H and O–H groups in total. The zero-order valence-electron chi connectivity index (χ0n) is 18.1. The second-order valence-electron chi connectivity index (χ2n) is 7.72. The normalized spacial score (nSPS) is 11.6. The lowest BCUT2D eigenvalue weighted by molar-refractivity contribution is -0.116. The van der Waals surface area contributed by atoms with Crippen molar-refractivity contribution >= 4 is 55.6 Å². The van der Waals surface area contributed by atoms with Gasteiger partial charge in [0.1, 0.15) is 4.90 Å². The van der Waals surface area contributed by atoms with Crippen LogP contribution in [0.2, 0.25) is 10.0 Å². The van der Waals surface area contributed by atoms with Crippen molar-refractivity contribution in [3.63, 3.8) is 0 Å². The minimum absolute atomic E-state index is 0.0450. The highest BCUT2D eigenvalue weighted by Crippen LogP contribution is 2.28. The summed E-state index contributed by atoms with van der Waals surface area (Å²) in [5.41, 5.74) is 1.57. The Kier molecular flexibility index (Phi) is 7.54. The van der Waals surface area contributed by atoms with E-state index in [1.54, 1.807) is 6.07 Å². The number of rotatable bonds is 8. The van der Waals surface area contributed by atoms with E-state index in [0.717, 1.165) is 20.6 Å². The van der Waals surface area contributed by atoms with Gasteiger partial charge in [-0.05, 0) is 41.6 Å². The van der Waals surface area contributed by atoms with Gasteiger partial charge in [0.2, 0.25) is 15.9 Å². The summed E-state index contributed by atoms with van der Waals surface area (Å²) >= 11 is 12.3. The topological polar surface area (TPSA) is 66.5 Å². The summed E-state index contributed by atoms with van der Waals surface area (Å²) in [7, 11) is -4.10. The third-order valence-corrected chi connectivity index (χ3v) is 7.95. The molecule has 4 aromatic rings. The molecule has 0 saturated carbocycles. The summed E-state index contributed by atoms with van der Waals surface area (Å²) in [6.45, 7) is -0.278. The Labute approximate surface area is 209 Å². The van der Waals surface area contributed by atoms with E-state index in [9.17, 15) is 13.2 Å². The van der Waals surface area contributed by atoms with Gasteiger partial charge in [0.25, 0.3) is 0 Å². The molecule has 0 bridgehead atoms. The van der Waals surface area contributed by atoms with Crippen molar-refractivity contribution in [2.45, 2.75) is 11.3 Å². The molecule has 0 aliphatic heterocycles. The van der Waals surface area contributed by atoms with Crippen LogP contribution in [0.3, 0.4) is 0 Å². The van der Waals surface area contributed by atoms with E-state index in [4.69, 9.17) is 23.2 Å². The van der Waals surface area contributed by atoms with Crippen LogP contribution in [0.5, 0.6) is 0 Å². The molecular weight excluding hydrogens is 491 g/mol. The lowest BCUT2D eigenvalue weighted by Gasteiger charge is -2.23. The van der Waals surface area contributed by atoms with Gasteiger partial charge in [0.05, 0.1) is 11.6 Å². The Morgan fingerprint density at radius 3 is 2.35 bits per heavy atom. The van der Waals surface area contributed by atoms with Crippen LogP contribution in [0.4, 0.5) is 5.69 Å². The van der Waals surface area contributed by atoms with Crippen molar-refractivity contribution in [1.82, 2.24) is 4.31 Å². The zero-order valence-corrected chi connectivity index (χ0v) is 20.4. The Morgan fingerprint density at radius 1 is 0.853 bits per heavy atom. The van der Waals surface area contributed by atoms with Crippen LogP contribution in [0.1, 0.15) is 5.56 Å². The minimum Gasteiger partial charge on any atom is -0.324 e.